The highest BCUT2D eigenvalue weighted by Gasteiger charge is 2.31. The van der Waals surface area contributed by atoms with E-state index in [9.17, 15) is 4.79 Å². The summed E-state index contributed by atoms with van der Waals surface area (Å²) in [7, 11) is 0. The zero-order valence-electron chi connectivity index (χ0n) is 9.81. The number of carbonyl (C=O) groups is 1. The second kappa shape index (κ2) is 4.25. The van der Waals surface area contributed by atoms with Crippen molar-refractivity contribution in [3.8, 4) is 0 Å². The first-order chi connectivity index (χ1) is 7.65. The molecule has 2 N–H and O–H groups in total. The lowest BCUT2D eigenvalue weighted by Gasteiger charge is -2.38. The molecule has 1 aliphatic rings. The second-order valence-electron chi connectivity index (χ2n) is 4.30. The summed E-state index contributed by atoms with van der Waals surface area (Å²) in [6.07, 6.45) is 0. The second-order valence-corrected chi connectivity index (χ2v) is 4.30. The number of carbonyl (C=O) groups excluding carboxylic acids is 1. The van der Waals surface area contributed by atoms with Gasteiger partial charge >= 0.3 is 0 Å². The number of hydrogen-bond donors (Lipinski definition) is 1. The van der Waals surface area contributed by atoms with Gasteiger partial charge in [-0.15, -0.1) is 0 Å². The molecule has 0 bridgehead atoms. The minimum absolute atomic E-state index is 0.0761. The SMILES string of the molecule is CCn1nc(C)cc1C(=O)N1CC(CN)C1. The first-order valence-corrected chi connectivity index (χ1v) is 5.69. The van der Waals surface area contributed by atoms with E-state index in [0.29, 0.717) is 18.2 Å². The van der Waals surface area contributed by atoms with Gasteiger partial charge in [0.2, 0.25) is 0 Å². The van der Waals surface area contributed by atoms with Crippen LogP contribution in [0.5, 0.6) is 0 Å². The molecule has 0 unspecified atom stereocenters. The van der Waals surface area contributed by atoms with Gasteiger partial charge in [0.25, 0.3) is 5.91 Å². The fourth-order valence-corrected chi connectivity index (χ4v) is 2.01. The quantitative estimate of drug-likeness (QED) is 0.797. The predicted molar refractivity (Wildman–Crippen MR) is 61.1 cm³/mol. The molecule has 1 aliphatic heterocycles. The number of likely N-dealkylation sites (tertiary alicyclic amines) is 1. The predicted octanol–water partition coefficient (Wildman–Crippen LogP) is 0.242. The number of hydrogen-bond acceptors (Lipinski definition) is 3. The molecule has 1 saturated heterocycles. The van der Waals surface area contributed by atoms with E-state index < -0.39 is 0 Å². The van der Waals surface area contributed by atoms with E-state index in [1.54, 1.807) is 4.68 Å². The summed E-state index contributed by atoms with van der Waals surface area (Å²) in [5, 5.41) is 4.27. The maximum atomic E-state index is 12.1. The topological polar surface area (TPSA) is 64.2 Å². The number of rotatable bonds is 3. The Kier molecular flexibility index (Phi) is 2.96. The number of aryl methyl sites for hydroxylation is 2. The van der Waals surface area contributed by atoms with E-state index >= 15 is 0 Å². The molecule has 1 aromatic rings. The van der Waals surface area contributed by atoms with Crippen LogP contribution in [0.2, 0.25) is 0 Å². The molecule has 16 heavy (non-hydrogen) atoms. The van der Waals surface area contributed by atoms with Gasteiger partial charge in [-0.05, 0) is 26.5 Å². The third kappa shape index (κ3) is 1.82. The van der Waals surface area contributed by atoms with Crippen LogP contribution >= 0.6 is 0 Å². The van der Waals surface area contributed by atoms with Gasteiger partial charge in [0.15, 0.2) is 0 Å². The van der Waals surface area contributed by atoms with Gasteiger partial charge in [0.1, 0.15) is 5.69 Å². The van der Waals surface area contributed by atoms with E-state index in [1.165, 1.54) is 0 Å². The molecule has 1 amide bonds. The highest BCUT2D eigenvalue weighted by atomic mass is 16.2. The molecule has 2 heterocycles. The summed E-state index contributed by atoms with van der Waals surface area (Å²) >= 11 is 0. The van der Waals surface area contributed by atoms with Gasteiger partial charge in [-0.25, -0.2) is 0 Å². The minimum Gasteiger partial charge on any atom is -0.337 e. The van der Waals surface area contributed by atoms with Gasteiger partial charge in [-0.2, -0.15) is 5.10 Å². The Balaban J connectivity index is 2.09. The largest absolute Gasteiger partial charge is 0.337 e. The third-order valence-electron chi connectivity index (χ3n) is 3.00. The van der Waals surface area contributed by atoms with Crippen molar-refractivity contribution >= 4 is 5.91 Å². The van der Waals surface area contributed by atoms with E-state index in [2.05, 4.69) is 5.10 Å². The molecule has 2 rings (SSSR count). The van der Waals surface area contributed by atoms with Crippen molar-refractivity contribution in [2.45, 2.75) is 20.4 Å². The first-order valence-electron chi connectivity index (χ1n) is 5.69. The molecule has 5 heteroatoms. The Hall–Kier alpha value is -1.36. The molecule has 0 aromatic carbocycles. The number of nitrogens with zero attached hydrogens (tertiary/aromatic N) is 3. The van der Waals surface area contributed by atoms with E-state index in [4.69, 9.17) is 5.73 Å². The molecule has 0 atom stereocenters. The standard InChI is InChI=1S/C11H18N4O/c1-3-15-10(4-8(2)13-15)11(16)14-6-9(5-12)7-14/h4,9H,3,5-7,12H2,1-2H3. The Morgan fingerprint density at radius 1 is 1.62 bits per heavy atom. The molecule has 88 valence electrons. The van der Waals surface area contributed by atoms with Crippen molar-refractivity contribution in [3.63, 3.8) is 0 Å². The van der Waals surface area contributed by atoms with Gasteiger partial charge < -0.3 is 10.6 Å². The molecular formula is C11H18N4O. The van der Waals surface area contributed by atoms with Gasteiger partial charge in [-0.3, -0.25) is 9.48 Å². The Labute approximate surface area is 95.2 Å². The van der Waals surface area contributed by atoms with Crippen LogP contribution in [-0.4, -0.2) is 40.2 Å². The zero-order chi connectivity index (χ0) is 11.7. The summed E-state index contributed by atoms with van der Waals surface area (Å²) in [5.41, 5.74) is 7.12. The Morgan fingerprint density at radius 3 is 2.88 bits per heavy atom. The Morgan fingerprint density at radius 2 is 2.31 bits per heavy atom. The fourth-order valence-electron chi connectivity index (χ4n) is 2.01. The molecule has 0 spiro atoms. The molecule has 0 aliphatic carbocycles. The van der Waals surface area contributed by atoms with Crippen LogP contribution in [0.4, 0.5) is 0 Å². The van der Waals surface area contributed by atoms with E-state index in [-0.39, 0.29) is 5.91 Å². The van der Waals surface area contributed by atoms with Crippen LogP contribution in [0, 0.1) is 12.8 Å². The molecule has 5 nitrogen and oxygen atoms in total. The molecule has 0 radical (unpaired) electrons. The van der Waals surface area contributed by atoms with Crippen molar-refractivity contribution in [1.82, 2.24) is 14.7 Å². The smallest absolute Gasteiger partial charge is 0.272 e. The summed E-state index contributed by atoms with van der Waals surface area (Å²) < 4.78 is 1.76. The van der Waals surface area contributed by atoms with Gasteiger partial charge in [0, 0.05) is 25.6 Å². The van der Waals surface area contributed by atoms with E-state index in [0.717, 1.165) is 25.3 Å². The van der Waals surface area contributed by atoms with E-state index in [1.807, 2.05) is 24.8 Å². The molecule has 1 fully saturated rings. The number of amides is 1. The fraction of sp³-hybridized carbons (Fsp3) is 0.636. The van der Waals surface area contributed by atoms with Crippen LogP contribution in [-0.2, 0) is 6.54 Å². The van der Waals surface area contributed by atoms with Crippen molar-refractivity contribution in [1.29, 1.82) is 0 Å². The van der Waals surface area contributed by atoms with Crippen LogP contribution in [0.25, 0.3) is 0 Å². The Bertz CT molecular complexity index is 393. The zero-order valence-corrected chi connectivity index (χ0v) is 9.81. The number of nitrogens with two attached hydrogens (primary N) is 1. The molecule has 1 aromatic heterocycles. The normalized spacial score (nSPS) is 16.3. The maximum absolute atomic E-state index is 12.1. The first kappa shape index (κ1) is 11.1. The minimum atomic E-state index is 0.0761. The van der Waals surface area contributed by atoms with Crippen molar-refractivity contribution in [3.05, 3.63) is 17.5 Å². The summed E-state index contributed by atoms with van der Waals surface area (Å²) in [4.78, 5) is 13.9. The van der Waals surface area contributed by atoms with Crippen LogP contribution in [0.15, 0.2) is 6.07 Å². The summed E-state index contributed by atoms with van der Waals surface area (Å²) in [5.74, 6) is 0.551. The lowest BCUT2D eigenvalue weighted by Crippen LogP contribution is -2.52. The number of aromatic nitrogens is 2. The highest BCUT2D eigenvalue weighted by Crippen LogP contribution is 2.18. The van der Waals surface area contributed by atoms with Gasteiger partial charge in [0.05, 0.1) is 5.69 Å². The average molecular weight is 222 g/mol. The third-order valence-corrected chi connectivity index (χ3v) is 3.00. The lowest BCUT2D eigenvalue weighted by molar-refractivity contribution is 0.0503. The molecule has 0 saturated carbocycles. The lowest BCUT2D eigenvalue weighted by atomic mass is 10.00. The van der Waals surface area contributed by atoms with Crippen molar-refractivity contribution in [2.24, 2.45) is 11.7 Å². The highest BCUT2D eigenvalue weighted by molar-refractivity contribution is 5.93. The van der Waals surface area contributed by atoms with Crippen LogP contribution < -0.4 is 5.73 Å². The average Bonchev–Trinajstić information content (AvgIpc) is 2.57. The van der Waals surface area contributed by atoms with Gasteiger partial charge in [-0.1, -0.05) is 0 Å². The van der Waals surface area contributed by atoms with Crippen molar-refractivity contribution in [2.75, 3.05) is 19.6 Å². The molecular weight excluding hydrogens is 204 g/mol. The van der Waals surface area contributed by atoms with Crippen molar-refractivity contribution < 1.29 is 4.79 Å². The van der Waals surface area contributed by atoms with Crippen LogP contribution in [0.3, 0.4) is 0 Å². The monoisotopic (exact) mass is 222 g/mol. The van der Waals surface area contributed by atoms with Crippen LogP contribution in [0.1, 0.15) is 23.1 Å². The summed E-state index contributed by atoms with van der Waals surface area (Å²) in [6.45, 7) is 6.84. The maximum Gasteiger partial charge on any atom is 0.272 e. The summed E-state index contributed by atoms with van der Waals surface area (Å²) in [6, 6.07) is 1.85.